The zero-order valence-electron chi connectivity index (χ0n) is 30.3. The molecule has 0 bridgehead atoms. The Morgan fingerprint density at radius 2 is 0.875 bits per heavy atom. The van der Waals surface area contributed by atoms with E-state index in [1.54, 1.807) is 0 Å². The standard InChI is InChI=1S/C52H34N2OS/c1-4-14-37(15-5-1)53(38-16-6-2-7-17-38)40-27-24-35(25-28-40)36-26-31-49-46(32-36)43-30-29-41(33-50(43)55-49)54(39-18-8-3-9-19-39)48-34-47-44-21-12-13-23-51(44)56-52(47)45-22-11-10-20-42(45)48/h1-34H. The maximum Gasteiger partial charge on any atom is 0.137 e. The summed E-state index contributed by atoms with van der Waals surface area (Å²) in [7, 11) is 0. The van der Waals surface area contributed by atoms with Gasteiger partial charge in [-0.1, -0.05) is 115 Å². The third kappa shape index (κ3) is 5.42. The first kappa shape index (κ1) is 32.3. The number of hydrogen-bond acceptors (Lipinski definition) is 4. The number of para-hydroxylation sites is 3. The van der Waals surface area contributed by atoms with Crippen molar-refractivity contribution in [1.29, 1.82) is 0 Å². The van der Waals surface area contributed by atoms with E-state index in [1.807, 2.05) is 11.3 Å². The van der Waals surface area contributed by atoms with Gasteiger partial charge in [0.2, 0.25) is 0 Å². The van der Waals surface area contributed by atoms with Crippen LogP contribution < -0.4 is 9.80 Å². The summed E-state index contributed by atoms with van der Waals surface area (Å²) in [5.41, 5.74) is 10.7. The minimum atomic E-state index is 0.860. The van der Waals surface area contributed by atoms with Crippen molar-refractivity contribution in [3.05, 3.63) is 206 Å². The van der Waals surface area contributed by atoms with Crippen molar-refractivity contribution in [2.45, 2.75) is 0 Å². The predicted octanol–water partition coefficient (Wildman–Crippen LogP) is 15.7. The summed E-state index contributed by atoms with van der Waals surface area (Å²) in [4.78, 5) is 4.67. The molecule has 0 amide bonds. The maximum atomic E-state index is 6.63. The van der Waals surface area contributed by atoms with Gasteiger partial charge in [0.05, 0.1) is 5.69 Å². The second-order valence-electron chi connectivity index (χ2n) is 14.1. The Hall–Kier alpha value is -7.14. The minimum absolute atomic E-state index is 0.860. The first-order valence-electron chi connectivity index (χ1n) is 18.9. The van der Waals surface area contributed by atoms with E-state index in [0.29, 0.717) is 0 Å². The van der Waals surface area contributed by atoms with Crippen LogP contribution in [0, 0.1) is 0 Å². The summed E-state index contributed by atoms with van der Waals surface area (Å²) in [6, 6.07) is 73.6. The summed E-state index contributed by atoms with van der Waals surface area (Å²) < 4.78 is 9.25. The third-order valence-electron chi connectivity index (χ3n) is 10.8. The highest BCUT2D eigenvalue weighted by atomic mass is 32.1. The molecule has 264 valence electrons. The van der Waals surface area contributed by atoms with Crippen molar-refractivity contribution in [3.63, 3.8) is 0 Å². The highest BCUT2D eigenvalue weighted by Gasteiger charge is 2.21. The van der Waals surface area contributed by atoms with Crippen molar-refractivity contribution in [3.8, 4) is 11.1 Å². The molecular weight excluding hydrogens is 701 g/mol. The largest absolute Gasteiger partial charge is 0.456 e. The normalized spacial score (nSPS) is 11.6. The lowest BCUT2D eigenvalue weighted by Crippen LogP contribution is -2.10. The third-order valence-corrected chi connectivity index (χ3v) is 12.0. The Morgan fingerprint density at radius 3 is 1.57 bits per heavy atom. The molecular formula is C52H34N2OS. The summed E-state index contributed by atoms with van der Waals surface area (Å²) >= 11 is 1.87. The Bertz CT molecular complexity index is 3150. The number of furan rings is 1. The van der Waals surface area contributed by atoms with Gasteiger partial charge in [0.15, 0.2) is 0 Å². The molecule has 4 heteroatoms. The molecule has 0 N–H and O–H groups in total. The van der Waals surface area contributed by atoms with Gasteiger partial charge in [-0.2, -0.15) is 0 Å². The first-order chi connectivity index (χ1) is 27.8. The quantitative estimate of drug-likeness (QED) is 0.163. The fraction of sp³-hybridized carbons (Fsp3) is 0. The molecule has 0 aliphatic carbocycles. The van der Waals surface area contributed by atoms with Gasteiger partial charge in [-0.15, -0.1) is 11.3 Å². The van der Waals surface area contributed by atoms with Gasteiger partial charge in [-0.05, 0) is 96.1 Å². The molecule has 0 spiro atoms. The van der Waals surface area contributed by atoms with Crippen molar-refractivity contribution in [1.82, 2.24) is 0 Å². The lowest BCUT2D eigenvalue weighted by molar-refractivity contribution is 0.669. The Kier molecular flexibility index (Phi) is 7.68. The van der Waals surface area contributed by atoms with E-state index in [4.69, 9.17) is 4.42 Å². The van der Waals surface area contributed by atoms with Crippen LogP contribution in [-0.2, 0) is 0 Å². The smallest absolute Gasteiger partial charge is 0.137 e. The van der Waals surface area contributed by atoms with Gasteiger partial charge in [0.25, 0.3) is 0 Å². The van der Waals surface area contributed by atoms with Crippen LogP contribution in [0.2, 0.25) is 0 Å². The zero-order chi connectivity index (χ0) is 37.0. The number of fused-ring (bicyclic) bond motifs is 8. The Morgan fingerprint density at radius 1 is 0.321 bits per heavy atom. The number of benzene rings is 9. The molecule has 0 aliphatic heterocycles. The van der Waals surface area contributed by atoms with Crippen LogP contribution in [0.25, 0.3) is 64.0 Å². The molecule has 0 saturated heterocycles. The highest BCUT2D eigenvalue weighted by Crippen LogP contribution is 2.47. The molecule has 11 aromatic rings. The Labute approximate surface area is 328 Å². The average Bonchev–Trinajstić information content (AvgIpc) is 3.83. The molecule has 0 aliphatic rings. The van der Waals surface area contributed by atoms with Crippen LogP contribution in [0.3, 0.4) is 0 Å². The van der Waals surface area contributed by atoms with Crippen molar-refractivity contribution < 1.29 is 4.42 Å². The molecule has 2 heterocycles. The number of rotatable bonds is 7. The lowest BCUT2D eigenvalue weighted by Gasteiger charge is -2.27. The van der Waals surface area contributed by atoms with Crippen LogP contribution in [-0.4, -0.2) is 0 Å². The topological polar surface area (TPSA) is 19.6 Å². The van der Waals surface area contributed by atoms with Crippen LogP contribution in [0.1, 0.15) is 0 Å². The molecule has 56 heavy (non-hydrogen) atoms. The number of thiophene rings is 1. The van der Waals surface area contributed by atoms with E-state index < -0.39 is 0 Å². The minimum Gasteiger partial charge on any atom is -0.456 e. The fourth-order valence-corrected chi connectivity index (χ4v) is 9.43. The molecule has 0 fully saturated rings. The van der Waals surface area contributed by atoms with E-state index in [2.05, 4.69) is 216 Å². The van der Waals surface area contributed by atoms with Crippen molar-refractivity contribution in [2.24, 2.45) is 0 Å². The van der Waals surface area contributed by atoms with Crippen LogP contribution >= 0.6 is 11.3 Å². The van der Waals surface area contributed by atoms with Gasteiger partial charge in [0.1, 0.15) is 11.2 Å². The summed E-state index contributed by atoms with van der Waals surface area (Å²) in [6.45, 7) is 0. The molecule has 2 aromatic heterocycles. The van der Waals surface area contributed by atoms with Gasteiger partial charge in [-0.25, -0.2) is 0 Å². The van der Waals surface area contributed by atoms with E-state index in [9.17, 15) is 0 Å². The molecule has 0 atom stereocenters. The van der Waals surface area contributed by atoms with Crippen LogP contribution in [0.15, 0.2) is 211 Å². The Balaban J connectivity index is 1.01. The fourth-order valence-electron chi connectivity index (χ4n) is 8.21. The number of nitrogens with zero attached hydrogens (tertiary/aromatic N) is 2. The predicted molar refractivity (Wildman–Crippen MR) is 239 cm³/mol. The van der Waals surface area contributed by atoms with E-state index in [0.717, 1.165) is 67.2 Å². The number of hydrogen-bond donors (Lipinski definition) is 0. The highest BCUT2D eigenvalue weighted by molar-refractivity contribution is 7.26. The summed E-state index contributed by atoms with van der Waals surface area (Å²) in [6.07, 6.45) is 0. The average molecular weight is 735 g/mol. The van der Waals surface area contributed by atoms with Crippen molar-refractivity contribution in [2.75, 3.05) is 9.80 Å². The summed E-state index contributed by atoms with van der Waals surface area (Å²) in [5, 5.41) is 7.24. The molecule has 11 rings (SSSR count). The SMILES string of the molecule is c1ccc(N(c2ccccc2)c2ccc(-c3ccc4oc5cc(N(c6ccccc6)c6cc7c8ccccc8sc7c7ccccc67)ccc5c4c3)cc2)cc1. The monoisotopic (exact) mass is 734 g/mol. The zero-order valence-corrected chi connectivity index (χ0v) is 31.2. The van der Waals surface area contributed by atoms with Gasteiger partial charge in [0, 0.05) is 76.2 Å². The summed E-state index contributed by atoms with van der Waals surface area (Å²) in [5.74, 6) is 0. The molecule has 9 aromatic carbocycles. The van der Waals surface area contributed by atoms with E-state index in [-0.39, 0.29) is 0 Å². The van der Waals surface area contributed by atoms with Crippen LogP contribution in [0.4, 0.5) is 34.1 Å². The van der Waals surface area contributed by atoms with Crippen molar-refractivity contribution >= 4 is 98.3 Å². The van der Waals surface area contributed by atoms with E-state index >= 15 is 0 Å². The van der Waals surface area contributed by atoms with Crippen LogP contribution in [0.5, 0.6) is 0 Å². The second-order valence-corrected chi connectivity index (χ2v) is 15.2. The molecule has 0 saturated carbocycles. The van der Waals surface area contributed by atoms with Gasteiger partial charge >= 0.3 is 0 Å². The lowest BCUT2D eigenvalue weighted by atomic mass is 10.0. The number of anilines is 6. The van der Waals surface area contributed by atoms with Gasteiger partial charge in [-0.3, -0.25) is 0 Å². The van der Waals surface area contributed by atoms with E-state index in [1.165, 1.54) is 30.9 Å². The van der Waals surface area contributed by atoms with Gasteiger partial charge < -0.3 is 14.2 Å². The maximum absolute atomic E-state index is 6.63. The molecule has 0 radical (unpaired) electrons. The molecule has 3 nitrogen and oxygen atoms in total. The second kappa shape index (κ2) is 13.3. The molecule has 0 unspecified atom stereocenters. The first-order valence-corrected chi connectivity index (χ1v) is 19.7.